The summed E-state index contributed by atoms with van der Waals surface area (Å²) < 4.78 is 5.52. The molecule has 1 aromatic rings. The van der Waals surface area contributed by atoms with Crippen molar-refractivity contribution in [3.05, 3.63) is 48.0 Å². The molecule has 2 bridgehead atoms. The van der Waals surface area contributed by atoms with Crippen LogP contribution in [0.2, 0.25) is 0 Å². The first kappa shape index (κ1) is 16.1. The third kappa shape index (κ3) is 3.27. The normalized spacial score (nSPS) is 29.9. The van der Waals surface area contributed by atoms with Gasteiger partial charge in [0.25, 0.3) is 0 Å². The molecular weight excluding hydrogens is 290 g/mol. The van der Waals surface area contributed by atoms with Gasteiger partial charge in [0.05, 0.1) is 5.60 Å². The van der Waals surface area contributed by atoms with E-state index in [4.69, 9.17) is 4.74 Å². The molecule has 4 heteroatoms. The van der Waals surface area contributed by atoms with E-state index in [1.807, 2.05) is 42.2 Å². The van der Waals surface area contributed by atoms with Crippen molar-refractivity contribution in [1.82, 2.24) is 4.90 Å². The van der Waals surface area contributed by atoms with Crippen molar-refractivity contribution in [2.75, 3.05) is 0 Å². The lowest BCUT2D eigenvalue weighted by atomic mass is 9.73. The van der Waals surface area contributed by atoms with Gasteiger partial charge in [0.2, 0.25) is 0 Å². The zero-order valence-corrected chi connectivity index (χ0v) is 13.7. The van der Waals surface area contributed by atoms with Gasteiger partial charge >= 0.3 is 6.09 Å². The van der Waals surface area contributed by atoms with Gasteiger partial charge < -0.3 is 14.7 Å². The minimum atomic E-state index is -0.841. The Morgan fingerprint density at radius 1 is 1.30 bits per heavy atom. The fourth-order valence-electron chi connectivity index (χ4n) is 3.87. The van der Waals surface area contributed by atoms with E-state index in [0.717, 1.165) is 30.4 Å². The summed E-state index contributed by atoms with van der Waals surface area (Å²) in [4.78, 5) is 14.4. The van der Waals surface area contributed by atoms with Crippen LogP contribution in [0.4, 0.5) is 4.79 Å². The Labute approximate surface area is 137 Å². The maximum Gasteiger partial charge on any atom is 0.410 e. The highest BCUT2D eigenvalue weighted by Gasteiger charge is 2.48. The van der Waals surface area contributed by atoms with Crippen molar-refractivity contribution in [2.45, 2.75) is 63.3 Å². The van der Waals surface area contributed by atoms with Gasteiger partial charge in [-0.15, -0.1) is 0 Å². The van der Waals surface area contributed by atoms with Gasteiger partial charge in [-0.25, -0.2) is 4.79 Å². The standard InChI is InChI=1S/C19H25NO3/c1-14(2)19(22)11-16-9-6-10-17(12-19)20(16)18(21)23-13-15-7-4-3-5-8-15/h3-5,7-8,16-17,22H,1,6,9-13H2,2H3. The molecule has 2 aliphatic heterocycles. The maximum atomic E-state index is 12.6. The Balaban J connectivity index is 1.68. The molecule has 1 N–H and O–H groups in total. The number of hydrogen-bond donors (Lipinski definition) is 1. The van der Waals surface area contributed by atoms with Gasteiger partial charge in [0.15, 0.2) is 0 Å². The van der Waals surface area contributed by atoms with Gasteiger partial charge in [-0.1, -0.05) is 36.9 Å². The molecule has 0 aliphatic carbocycles. The van der Waals surface area contributed by atoms with Crippen molar-refractivity contribution in [1.29, 1.82) is 0 Å². The first-order valence-electron chi connectivity index (χ1n) is 8.37. The van der Waals surface area contributed by atoms with Crippen LogP contribution in [0, 0.1) is 0 Å². The SMILES string of the molecule is C=C(C)C1(O)CC2CCCC(C1)N2C(=O)OCc1ccccc1. The van der Waals surface area contributed by atoms with Gasteiger partial charge in [0.1, 0.15) is 6.61 Å². The first-order chi connectivity index (χ1) is 11.0. The summed E-state index contributed by atoms with van der Waals surface area (Å²) in [6, 6.07) is 9.81. The van der Waals surface area contributed by atoms with Crippen LogP contribution >= 0.6 is 0 Å². The average Bonchev–Trinajstić information content (AvgIpc) is 2.52. The zero-order valence-electron chi connectivity index (χ0n) is 13.7. The predicted octanol–water partition coefficient (Wildman–Crippen LogP) is 3.65. The van der Waals surface area contributed by atoms with Gasteiger partial charge in [-0.05, 0) is 37.3 Å². The minimum absolute atomic E-state index is 0.0486. The summed E-state index contributed by atoms with van der Waals surface area (Å²) in [5.74, 6) is 0. The molecule has 0 aromatic heterocycles. The number of carbonyl (C=O) groups is 1. The van der Waals surface area contributed by atoms with E-state index in [0.29, 0.717) is 19.4 Å². The van der Waals surface area contributed by atoms with Gasteiger partial charge in [0, 0.05) is 24.9 Å². The van der Waals surface area contributed by atoms with Crippen molar-refractivity contribution < 1.29 is 14.6 Å². The molecule has 2 saturated heterocycles. The molecule has 2 unspecified atom stereocenters. The van der Waals surface area contributed by atoms with Crippen LogP contribution in [0.15, 0.2) is 42.5 Å². The van der Waals surface area contributed by atoms with Crippen molar-refractivity contribution in [2.24, 2.45) is 0 Å². The summed E-state index contributed by atoms with van der Waals surface area (Å²) in [6.45, 7) is 6.11. The van der Waals surface area contributed by atoms with E-state index in [1.165, 1.54) is 0 Å². The number of rotatable bonds is 3. The van der Waals surface area contributed by atoms with E-state index < -0.39 is 5.60 Å². The van der Waals surface area contributed by atoms with E-state index in [9.17, 15) is 9.90 Å². The third-order valence-electron chi connectivity index (χ3n) is 5.22. The van der Waals surface area contributed by atoms with Gasteiger partial charge in [-0.3, -0.25) is 0 Å². The summed E-state index contributed by atoms with van der Waals surface area (Å²) >= 11 is 0. The quantitative estimate of drug-likeness (QED) is 0.866. The molecule has 2 heterocycles. The minimum Gasteiger partial charge on any atom is -0.445 e. The van der Waals surface area contributed by atoms with E-state index in [2.05, 4.69) is 6.58 Å². The Bertz CT molecular complexity index is 570. The Morgan fingerprint density at radius 3 is 2.48 bits per heavy atom. The average molecular weight is 315 g/mol. The van der Waals surface area contributed by atoms with Crippen molar-refractivity contribution >= 4 is 6.09 Å². The number of nitrogens with zero attached hydrogens (tertiary/aromatic N) is 1. The number of aliphatic hydroxyl groups is 1. The number of fused-ring (bicyclic) bond motifs is 2. The largest absolute Gasteiger partial charge is 0.445 e. The molecule has 0 spiro atoms. The van der Waals surface area contributed by atoms with Crippen LogP contribution < -0.4 is 0 Å². The monoisotopic (exact) mass is 315 g/mol. The summed E-state index contributed by atoms with van der Waals surface area (Å²) in [7, 11) is 0. The van der Waals surface area contributed by atoms with Crippen molar-refractivity contribution in [3.8, 4) is 0 Å². The molecule has 0 radical (unpaired) electrons. The van der Waals surface area contributed by atoms with E-state index in [1.54, 1.807) is 0 Å². The van der Waals surface area contributed by atoms with Crippen LogP contribution in [-0.4, -0.2) is 33.8 Å². The smallest absolute Gasteiger partial charge is 0.410 e. The molecule has 1 aromatic carbocycles. The fraction of sp³-hybridized carbons (Fsp3) is 0.526. The number of piperidine rings is 2. The molecule has 2 aliphatic rings. The Kier molecular flexibility index (Phi) is 4.44. The molecule has 124 valence electrons. The van der Waals surface area contributed by atoms with Gasteiger partial charge in [-0.2, -0.15) is 0 Å². The molecule has 0 saturated carbocycles. The second-order valence-electron chi connectivity index (χ2n) is 6.91. The van der Waals surface area contributed by atoms with Crippen molar-refractivity contribution in [3.63, 3.8) is 0 Å². The van der Waals surface area contributed by atoms with Crippen LogP contribution in [-0.2, 0) is 11.3 Å². The predicted molar refractivity (Wildman–Crippen MR) is 88.9 cm³/mol. The zero-order chi connectivity index (χ0) is 16.4. The number of ether oxygens (including phenoxy) is 1. The number of carbonyl (C=O) groups excluding carboxylic acids is 1. The fourth-order valence-corrected chi connectivity index (χ4v) is 3.87. The maximum absolute atomic E-state index is 12.6. The molecule has 1 amide bonds. The van der Waals surface area contributed by atoms with E-state index in [-0.39, 0.29) is 18.2 Å². The third-order valence-corrected chi connectivity index (χ3v) is 5.22. The summed E-state index contributed by atoms with van der Waals surface area (Å²) in [5.41, 5.74) is 0.944. The highest BCUT2D eigenvalue weighted by Crippen LogP contribution is 2.42. The number of benzene rings is 1. The highest BCUT2D eigenvalue weighted by atomic mass is 16.6. The number of amides is 1. The van der Waals surface area contributed by atoms with Crippen LogP contribution in [0.5, 0.6) is 0 Å². The Morgan fingerprint density at radius 2 is 1.91 bits per heavy atom. The molecular formula is C19H25NO3. The summed E-state index contributed by atoms with van der Waals surface area (Å²) in [5, 5.41) is 10.8. The first-order valence-corrected chi connectivity index (χ1v) is 8.37. The van der Waals surface area contributed by atoms with Crippen LogP contribution in [0.3, 0.4) is 0 Å². The molecule has 23 heavy (non-hydrogen) atoms. The lowest BCUT2D eigenvalue weighted by molar-refractivity contribution is -0.0653. The molecule has 3 rings (SSSR count). The summed E-state index contributed by atoms with van der Waals surface area (Å²) in [6.07, 6.45) is 3.83. The molecule has 2 atom stereocenters. The Hall–Kier alpha value is -1.81. The van der Waals surface area contributed by atoms with Crippen LogP contribution in [0.1, 0.15) is 44.6 Å². The number of hydrogen-bond acceptors (Lipinski definition) is 3. The second kappa shape index (κ2) is 6.36. The highest BCUT2D eigenvalue weighted by molar-refractivity contribution is 5.69. The van der Waals surface area contributed by atoms with E-state index >= 15 is 0 Å². The lowest BCUT2D eigenvalue weighted by Gasteiger charge is -2.51. The molecule has 2 fully saturated rings. The van der Waals surface area contributed by atoms with Crippen LogP contribution in [0.25, 0.3) is 0 Å². The molecule has 4 nitrogen and oxygen atoms in total. The topological polar surface area (TPSA) is 49.8 Å². The second-order valence-corrected chi connectivity index (χ2v) is 6.91. The lowest BCUT2D eigenvalue weighted by Crippen LogP contribution is -2.60.